The minimum absolute atomic E-state index is 0.0688. The summed E-state index contributed by atoms with van der Waals surface area (Å²) >= 11 is 0. The van der Waals surface area contributed by atoms with E-state index in [1.807, 2.05) is 0 Å². The summed E-state index contributed by atoms with van der Waals surface area (Å²) in [6, 6.07) is 19.4. The van der Waals surface area contributed by atoms with Gasteiger partial charge in [0, 0.05) is 40.5 Å². The van der Waals surface area contributed by atoms with Gasteiger partial charge < -0.3 is 43.7 Å². The fourth-order valence-electron chi connectivity index (χ4n) is 3.89. The van der Waals surface area contributed by atoms with Gasteiger partial charge in [0.15, 0.2) is 0 Å². The van der Waals surface area contributed by atoms with Gasteiger partial charge in [0.2, 0.25) is 0 Å². The van der Waals surface area contributed by atoms with Crippen molar-refractivity contribution >= 4 is 17.9 Å². The number of hydrogen-bond acceptors (Lipinski definition) is 11. The van der Waals surface area contributed by atoms with Crippen LogP contribution in [-0.4, -0.2) is 61.7 Å². The minimum Gasteiger partial charge on any atom is -0.507 e. The number of esters is 2. The lowest BCUT2D eigenvalue weighted by atomic mass is 10.0. The van der Waals surface area contributed by atoms with Gasteiger partial charge in [-0.2, -0.15) is 0 Å². The molecule has 3 N–H and O–H groups in total. The lowest BCUT2D eigenvalue weighted by Gasteiger charge is -2.15. The highest BCUT2D eigenvalue weighted by molar-refractivity contribution is 5.89. The molecule has 0 aliphatic heterocycles. The summed E-state index contributed by atoms with van der Waals surface area (Å²) in [6.07, 6.45) is 8.70. The molecule has 0 aromatic heterocycles. The molecule has 4 aromatic rings. The number of phenols is 2. The van der Waals surface area contributed by atoms with E-state index in [1.54, 1.807) is 74.9 Å². The van der Waals surface area contributed by atoms with Crippen LogP contribution in [0.15, 0.2) is 111 Å². The molecule has 0 heterocycles. The summed E-state index contributed by atoms with van der Waals surface area (Å²) in [4.78, 5) is 32.6. The van der Waals surface area contributed by atoms with E-state index in [0.29, 0.717) is 45.3 Å². The summed E-state index contributed by atoms with van der Waals surface area (Å²) in [7, 11) is 6.11. The zero-order valence-corrected chi connectivity index (χ0v) is 28.4. The second-order valence-corrected chi connectivity index (χ2v) is 9.28. The van der Waals surface area contributed by atoms with Gasteiger partial charge in [0.1, 0.15) is 47.4 Å². The SMILES string of the molecule is C=CC(=O)O.C=CC(=O)Oc1ccc(OC)cc1-c1cc(OC)ccc1OC(=O)C=C.COc1ccc(O)c(-c2cc(OC)ccc2O)c1.[2H]C#C. The number of methoxy groups -OCH3 is 4. The highest BCUT2D eigenvalue weighted by atomic mass is 16.5. The van der Waals surface area contributed by atoms with Gasteiger partial charge in [-0.05, 0) is 72.8 Å². The number of aromatic hydroxyl groups is 2. The number of carbonyl (C=O) groups is 3. The van der Waals surface area contributed by atoms with E-state index in [-0.39, 0.29) is 23.0 Å². The van der Waals surface area contributed by atoms with E-state index < -0.39 is 17.9 Å². The van der Waals surface area contributed by atoms with E-state index in [0.717, 1.165) is 18.2 Å². The van der Waals surface area contributed by atoms with Gasteiger partial charge in [-0.25, -0.2) is 14.4 Å². The highest BCUT2D eigenvalue weighted by Gasteiger charge is 2.18. The Balaban J connectivity index is 0.000000448. The van der Waals surface area contributed by atoms with Crippen molar-refractivity contribution in [3.05, 3.63) is 111 Å². The molecule has 0 aliphatic rings. The van der Waals surface area contributed by atoms with Crippen molar-refractivity contribution in [2.75, 3.05) is 28.4 Å². The number of ether oxygens (including phenoxy) is 6. The van der Waals surface area contributed by atoms with Crippen LogP contribution in [0, 0.1) is 12.8 Å². The van der Waals surface area contributed by atoms with Crippen LogP contribution in [0.5, 0.6) is 46.0 Å². The van der Waals surface area contributed by atoms with Crippen LogP contribution in [0.4, 0.5) is 0 Å². The molecule has 51 heavy (non-hydrogen) atoms. The Morgan fingerprint density at radius 3 is 1.12 bits per heavy atom. The molecule has 0 amide bonds. The maximum Gasteiger partial charge on any atom is 0.335 e. The minimum atomic E-state index is -0.981. The summed E-state index contributed by atoms with van der Waals surface area (Å²) in [5.74, 6) is 0.677. The van der Waals surface area contributed by atoms with E-state index in [2.05, 4.69) is 26.2 Å². The summed E-state index contributed by atoms with van der Waals surface area (Å²) < 4.78 is 37.0. The van der Waals surface area contributed by atoms with Crippen LogP contribution in [0.25, 0.3) is 22.3 Å². The summed E-state index contributed by atoms with van der Waals surface area (Å²) in [5, 5.41) is 27.3. The predicted molar refractivity (Wildman–Crippen MR) is 193 cm³/mol. The number of hydrogen-bond donors (Lipinski definition) is 3. The van der Waals surface area contributed by atoms with Crippen molar-refractivity contribution in [1.82, 2.24) is 0 Å². The summed E-state index contributed by atoms with van der Waals surface area (Å²) in [5.41, 5.74) is 1.94. The maximum atomic E-state index is 11.7. The number of carboxylic acids is 1. The van der Waals surface area contributed by atoms with Crippen LogP contribution in [-0.2, 0) is 14.4 Å². The van der Waals surface area contributed by atoms with Crippen molar-refractivity contribution in [1.29, 1.82) is 0 Å². The fraction of sp³-hybridized carbons (Fsp3) is 0.103. The number of carbonyl (C=O) groups excluding carboxylic acids is 2. The monoisotopic (exact) mass is 699 g/mol. The third kappa shape index (κ3) is 12.8. The Kier molecular flexibility index (Phi) is 17.0. The molecule has 4 rings (SSSR count). The Bertz CT molecular complexity index is 1790. The number of terminal acetylenes is 1. The van der Waals surface area contributed by atoms with E-state index in [1.165, 1.54) is 32.8 Å². The van der Waals surface area contributed by atoms with Crippen molar-refractivity contribution in [3.8, 4) is 81.1 Å². The van der Waals surface area contributed by atoms with Crippen molar-refractivity contribution < 1.29 is 59.5 Å². The van der Waals surface area contributed by atoms with E-state index in [4.69, 9.17) is 34.9 Å². The van der Waals surface area contributed by atoms with Crippen LogP contribution in [0.1, 0.15) is 1.37 Å². The van der Waals surface area contributed by atoms with Crippen LogP contribution < -0.4 is 28.4 Å². The van der Waals surface area contributed by atoms with Crippen molar-refractivity contribution in [2.45, 2.75) is 0 Å². The largest absolute Gasteiger partial charge is 0.507 e. The van der Waals surface area contributed by atoms with Crippen LogP contribution in [0.2, 0.25) is 0 Å². The first-order valence-corrected chi connectivity index (χ1v) is 14.4. The van der Waals surface area contributed by atoms with Gasteiger partial charge in [0.25, 0.3) is 0 Å². The number of carboxylic acid groups (broad SMARTS) is 1. The van der Waals surface area contributed by atoms with Gasteiger partial charge >= 0.3 is 17.9 Å². The lowest BCUT2D eigenvalue weighted by molar-refractivity contribution is -0.131. The van der Waals surface area contributed by atoms with Crippen LogP contribution >= 0.6 is 0 Å². The highest BCUT2D eigenvalue weighted by Crippen LogP contribution is 2.41. The average Bonchev–Trinajstić information content (AvgIpc) is 3.16. The van der Waals surface area contributed by atoms with Gasteiger partial charge in [-0.1, -0.05) is 19.7 Å². The molecular weight excluding hydrogens is 660 g/mol. The Labute approximate surface area is 297 Å². The first kappa shape index (κ1) is 40.0. The Morgan fingerprint density at radius 2 is 0.863 bits per heavy atom. The molecule has 0 radical (unpaired) electrons. The number of aliphatic carboxylic acids is 1. The molecule has 0 spiro atoms. The standard InChI is InChI=1S/C20H18O6.C14H14O4.C3H4O2.C2H2/c1-5-19(21)25-17-9-7-13(23-3)11-15(17)16-12-14(24-4)8-10-18(16)26-20(22)6-2;1-17-9-3-5-13(15)11(7-9)12-8-10(18-2)4-6-14(12)16;1-2-3(4)5;1-2/h5-12H,1-2H2,3-4H3;3-8,15-16H,1-2H3;2H,1H2,(H,4,5);1-2H/i;;;1D. The third-order valence-corrected chi connectivity index (χ3v) is 6.29. The van der Waals surface area contributed by atoms with Gasteiger partial charge in [-0.3, -0.25) is 0 Å². The molecule has 4 aromatic carbocycles. The fourth-order valence-corrected chi connectivity index (χ4v) is 3.89. The lowest BCUT2D eigenvalue weighted by Crippen LogP contribution is -2.07. The number of benzene rings is 4. The summed E-state index contributed by atoms with van der Waals surface area (Å²) in [6.45, 7) is 9.74. The van der Waals surface area contributed by atoms with E-state index in [9.17, 15) is 24.6 Å². The Hall–Kier alpha value is -7.13. The zero-order chi connectivity index (χ0) is 39.2. The molecule has 0 atom stereocenters. The zero-order valence-electron chi connectivity index (χ0n) is 29.4. The maximum absolute atomic E-state index is 11.7. The van der Waals surface area contributed by atoms with Gasteiger partial charge in [0.05, 0.1) is 28.4 Å². The molecule has 12 nitrogen and oxygen atoms in total. The normalized spacial score (nSPS) is 9.35. The molecule has 0 aliphatic carbocycles. The topological polar surface area (TPSA) is 167 Å². The molecular formula is C39H38O12. The second-order valence-electron chi connectivity index (χ2n) is 9.28. The number of phenolic OH excluding ortho intramolecular Hbond substituents is 2. The molecule has 12 heteroatoms. The smallest absolute Gasteiger partial charge is 0.335 e. The quantitative estimate of drug-likeness (QED) is 0.0646. The van der Waals surface area contributed by atoms with E-state index >= 15 is 0 Å². The molecule has 0 fully saturated rings. The number of rotatable bonds is 11. The molecule has 0 saturated carbocycles. The molecule has 0 saturated heterocycles. The van der Waals surface area contributed by atoms with Crippen molar-refractivity contribution in [2.24, 2.45) is 0 Å². The van der Waals surface area contributed by atoms with Crippen LogP contribution in [0.3, 0.4) is 0 Å². The molecule has 0 bridgehead atoms. The third-order valence-electron chi connectivity index (χ3n) is 6.29. The van der Waals surface area contributed by atoms with Crippen molar-refractivity contribution in [3.63, 3.8) is 0 Å². The molecule has 266 valence electrons. The predicted octanol–water partition coefficient (Wildman–Crippen LogP) is 6.84. The molecule has 0 unspecified atom stereocenters. The second kappa shape index (κ2) is 21.7. The Morgan fingerprint density at radius 1 is 0.588 bits per heavy atom. The van der Waals surface area contributed by atoms with Gasteiger partial charge in [-0.15, -0.1) is 12.8 Å². The first-order chi connectivity index (χ1) is 24.9. The average molecular weight is 700 g/mol. The first-order valence-electron chi connectivity index (χ1n) is 14.9.